The number of carbonyl (C=O) groups is 1. The Bertz CT molecular complexity index is 388. The van der Waals surface area contributed by atoms with Gasteiger partial charge in [0.25, 0.3) is 5.91 Å². The van der Waals surface area contributed by atoms with Crippen molar-refractivity contribution in [1.82, 2.24) is 10.6 Å². The minimum Gasteiger partial charge on any atom is -0.347 e. The molecule has 0 saturated carbocycles. The molecule has 0 unspecified atom stereocenters. The third kappa shape index (κ3) is 2.38. The second kappa shape index (κ2) is 4.33. The predicted octanol–water partition coefficient (Wildman–Crippen LogP) is 1.46. The van der Waals surface area contributed by atoms with Crippen LogP contribution in [0.2, 0.25) is 0 Å². The van der Waals surface area contributed by atoms with E-state index < -0.39 is 0 Å². The van der Waals surface area contributed by atoms with Crippen LogP contribution in [0.15, 0.2) is 22.7 Å². The predicted molar refractivity (Wildman–Crippen MR) is 63.0 cm³/mol. The van der Waals surface area contributed by atoms with Crippen molar-refractivity contribution in [3.63, 3.8) is 0 Å². The molecule has 2 rings (SSSR count). The lowest BCUT2D eigenvalue weighted by atomic mass is 10.1. The number of hydrogen-bond acceptors (Lipinski definition) is 2. The smallest absolute Gasteiger partial charge is 0.251 e. The van der Waals surface area contributed by atoms with Crippen LogP contribution in [0.25, 0.3) is 0 Å². The van der Waals surface area contributed by atoms with Gasteiger partial charge in [-0.25, -0.2) is 0 Å². The molecule has 2 N–H and O–H groups in total. The molecule has 1 aliphatic rings. The summed E-state index contributed by atoms with van der Waals surface area (Å²) in [7, 11) is 0. The molecule has 3 nitrogen and oxygen atoms in total. The van der Waals surface area contributed by atoms with Crippen molar-refractivity contribution in [2.24, 2.45) is 0 Å². The summed E-state index contributed by atoms with van der Waals surface area (Å²) in [6, 6.07) is 6.03. The lowest BCUT2D eigenvalue weighted by molar-refractivity contribution is 0.0923. The van der Waals surface area contributed by atoms with Gasteiger partial charge in [0, 0.05) is 23.1 Å². The molecule has 0 spiro atoms. The van der Waals surface area contributed by atoms with Crippen LogP contribution in [0.3, 0.4) is 0 Å². The molecule has 15 heavy (non-hydrogen) atoms. The SMILES string of the molecule is Cc1ccc(Br)cc1C(=O)NC1CNC1. The van der Waals surface area contributed by atoms with Crippen molar-refractivity contribution in [2.45, 2.75) is 13.0 Å². The Labute approximate surface area is 97.4 Å². The number of aryl methyl sites for hydroxylation is 1. The van der Waals surface area contributed by atoms with E-state index in [4.69, 9.17) is 0 Å². The zero-order valence-corrected chi connectivity index (χ0v) is 10.1. The fraction of sp³-hybridized carbons (Fsp3) is 0.364. The van der Waals surface area contributed by atoms with E-state index in [1.807, 2.05) is 25.1 Å². The molecule has 0 radical (unpaired) electrons. The third-order valence-electron chi connectivity index (χ3n) is 2.56. The van der Waals surface area contributed by atoms with E-state index in [2.05, 4.69) is 26.6 Å². The average Bonchev–Trinajstić information content (AvgIpc) is 2.15. The number of amides is 1. The van der Waals surface area contributed by atoms with Gasteiger partial charge < -0.3 is 10.6 Å². The normalized spacial score (nSPS) is 15.9. The average molecular weight is 269 g/mol. The molecule has 0 aromatic heterocycles. The van der Waals surface area contributed by atoms with Gasteiger partial charge in [-0.2, -0.15) is 0 Å². The van der Waals surface area contributed by atoms with Crippen LogP contribution in [0.4, 0.5) is 0 Å². The highest BCUT2D eigenvalue weighted by atomic mass is 79.9. The number of nitrogens with one attached hydrogen (secondary N) is 2. The molecular weight excluding hydrogens is 256 g/mol. The summed E-state index contributed by atoms with van der Waals surface area (Å²) in [4.78, 5) is 11.9. The van der Waals surface area contributed by atoms with Crippen LogP contribution in [0.5, 0.6) is 0 Å². The Kier molecular flexibility index (Phi) is 3.07. The van der Waals surface area contributed by atoms with Gasteiger partial charge in [-0.1, -0.05) is 22.0 Å². The molecule has 1 saturated heterocycles. The molecule has 0 atom stereocenters. The van der Waals surface area contributed by atoms with E-state index in [0.29, 0.717) is 0 Å². The van der Waals surface area contributed by atoms with Crippen LogP contribution in [0, 0.1) is 6.92 Å². The fourth-order valence-electron chi connectivity index (χ4n) is 1.49. The summed E-state index contributed by atoms with van der Waals surface area (Å²) in [6.45, 7) is 3.69. The Morgan fingerprint density at radius 1 is 1.53 bits per heavy atom. The van der Waals surface area contributed by atoms with Gasteiger partial charge >= 0.3 is 0 Å². The monoisotopic (exact) mass is 268 g/mol. The highest BCUT2D eigenvalue weighted by Gasteiger charge is 2.20. The number of benzene rings is 1. The Hall–Kier alpha value is -0.870. The van der Waals surface area contributed by atoms with Crippen LogP contribution in [0.1, 0.15) is 15.9 Å². The Morgan fingerprint density at radius 3 is 2.87 bits per heavy atom. The van der Waals surface area contributed by atoms with Crippen molar-refractivity contribution in [1.29, 1.82) is 0 Å². The topological polar surface area (TPSA) is 41.1 Å². The van der Waals surface area contributed by atoms with Gasteiger partial charge in [0.1, 0.15) is 0 Å². The minimum atomic E-state index is 0.0142. The summed E-state index contributed by atoms with van der Waals surface area (Å²) < 4.78 is 0.935. The molecule has 1 aromatic carbocycles. The maximum absolute atomic E-state index is 11.9. The van der Waals surface area contributed by atoms with E-state index in [1.54, 1.807) is 0 Å². The summed E-state index contributed by atoms with van der Waals surface area (Å²) in [5, 5.41) is 6.10. The Balaban J connectivity index is 2.12. The molecule has 1 aromatic rings. The summed E-state index contributed by atoms with van der Waals surface area (Å²) in [5.74, 6) is 0.0142. The molecule has 0 bridgehead atoms. The lowest BCUT2D eigenvalue weighted by Crippen LogP contribution is -2.57. The molecule has 1 fully saturated rings. The largest absolute Gasteiger partial charge is 0.347 e. The van der Waals surface area contributed by atoms with Gasteiger partial charge in [-0.3, -0.25) is 4.79 Å². The van der Waals surface area contributed by atoms with Crippen LogP contribution in [-0.4, -0.2) is 25.0 Å². The van der Waals surface area contributed by atoms with E-state index in [1.165, 1.54) is 0 Å². The first-order valence-electron chi connectivity index (χ1n) is 4.94. The zero-order chi connectivity index (χ0) is 10.8. The first-order chi connectivity index (χ1) is 7.16. The summed E-state index contributed by atoms with van der Waals surface area (Å²) in [6.07, 6.45) is 0. The van der Waals surface area contributed by atoms with Crippen LogP contribution in [-0.2, 0) is 0 Å². The molecule has 80 valence electrons. The fourth-order valence-corrected chi connectivity index (χ4v) is 1.85. The highest BCUT2D eigenvalue weighted by Crippen LogP contribution is 2.16. The molecule has 1 amide bonds. The maximum Gasteiger partial charge on any atom is 0.251 e. The van der Waals surface area contributed by atoms with Crippen molar-refractivity contribution in [2.75, 3.05) is 13.1 Å². The molecule has 0 aliphatic carbocycles. The molecule has 1 aliphatic heterocycles. The van der Waals surface area contributed by atoms with Crippen LogP contribution >= 0.6 is 15.9 Å². The number of rotatable bonds is 2. The second-order valence-corrected chi connectivity index (χ2v) is 4.70. The standard InChI is InChI=1S/C11H13BrN2O/c1-7-2-3-8(12)4-10(7)11(15)14-9-5-13-6-9/h2-4,9,13H,5-6H2,1H3,(H,14,15). The maximum atomic E-state index is 11.9. The van der Waals surface area contributed by atoms with E-state index >= 15 is 0 Å². The van der Waals surface area contributed by atoms with Crippen molar-refractivity contribution < 1.29 is 4.79 Å². The van der Waals surface area contributed by atoms with Crippen LogP contribution < -0.4 is 10.6 Å². The number of halogens is 1. The van der Waals surface area contributed by atoms with E-state index in [0.717, 1.165) is 28.7 Å². The first-order valence-corrected chi connectivity index (χ1v) is 5.74. The quantitative estimate of drug-likeness (QED) is 0.853. The van der Waals surface area contributed by atoms with Gasteiger partial charge in [0.05, 0.1) is 6.04 Å². The number of hydrogen-bond donors (Lipinski definition) is 2. The highest BCUT2D eigenvalue weighted by molar-refractivity contribution is 9.10. The minimum absolute atomic E-state index is 0.0142. The lowest BCUT2D eigenvalue weighted by Gasteiger charge is -2.28. The van der Waals surface area contributed by atoms with Gasteiger partial charge in [-0.05, 0) is 24.6 Å². The number of carbonyl (C=O) groups excluding carboxylic acids is 1. The zero-order valence-electron chi connectivity index (χ0n) is 8.51. The Morgan fingerprint density at radius 2 is 2.27 bits per heavy atom. The summed E-state index contributed by atoms with van der Waals surface area (Å²) in [5.41, 5.74) is 1.75. The molecular formula is C11H13BrN2O. The molecule has 1 heterocycles. The second-order valence-electron chi connectivity index (χ2n) is 3.79. The van der Waals surface area contributed by atoms with E-state index in [-0.39, 0.29) is 11.9 Å². The van der Waals surface area contributed by atoms with Crippen molar-refractivity contribution in [3.8, 4) is 0 Å². The first kappa shape index (κ1) is 10.6. The van der Waals surface area contributed by atoms with Gasteiger partial charge in [0.15, 0.2) is 0 Å². The van der Waals surface area contributed by atoms with Gasteiger partial charge in [-0.15, -0.1) is 0 Å². The molecule has 4 heteroatoms. The van der Waals surface area contributed by atoms with Gasteiger partial charge in [0.2, 0.25) is 0 Å². The third-order valence-corrected chi connectivity index (χ3v) is 3.05. The van der Waals surface area contributed by atoms with Crippen molar-refractivity contribution in [3.05, 3.63) is 33.8 Å². The summed E-state index contributed by atoms with van der Waals surface area (Å²) >= 11 is 3.37. The van der Waals surface area contributed by atoms with Crippen molar-refractivity contribution >= 4 is 21.8 Å². The van der Waals surface area contributed by atoms with E-state index in [9.17, 15) is 4.79 Å².